The van der Waals surface area contributed by atoms with E-state index in [-0.39, 0.29) is 17.8 Å². The molecule has 0 saturated heterocycles. The number of anilines is 2. The molecule has 1 aromatic rings. The molecule has 0 radical (unpaired) electrons. The van der Waals surface area contributed by atoms with Gasteiger partial charge in [-0.15, -0.1) is 0 Å². The predicted molar refractivity (Wildman–Crippen MR) is 66.7 cm³/mol. The summed E-state index contributed by atoms with van der Waals surface area (Å²) in [4.78, 5) is 11.7. The van der Waals surface area contributed by atoms with Gasteiger partial charge in [-0.3, -0.25) is 4.79 Å². The van der Waals surface area contributed by atoms with Crippen LogP contribution in [0.1, 0.15) is 31.7 Å². The smallest absolute Gasteiger partial charge is 0.226 e. The number of benzene rings is 1. The van der Waals surface area contributed by atoms with Crippen molar-refractivity contribution in [1.82, 2.24) is 0 Å². The highest BCUT2D eigenvalue weighted by molar-refractivity contribution is 5.96. The largest absolute Gasteiger partial charge is 0.380 e. The van der Waals surface area contributed by atoms with Gasteiger partial charge in [0.05, 0.1) is 11.4 Å². The Morgan fingerprint density at radius 3 is 2.88 bits per heavy atom. The Morgan fingerprint density at radius 2 is 2.18 bits per heavy atom. The average molecular weight is 236 g/mol. The Hall–Kier alpha value is -1.58. The first-order valence-corrected chi connectivity index (χ1v) is 5.96. The molecule has 0 aromatic heterocycles. The predicted octanol–water partition coefficient (Wildman–Crippen LogP) is 3.06. The fourth-order valence-corrected chi connectivity index (χ4v) is 2.12. The van der Waals surface area contributed by atoms with Crippen molar-refractivity contribution in [3.63, 3.8) is 0 Å². The van der Waals surface area contributed by atoms with E-state index in [0.29, 0.717) is 17.7 Å². The van der Waals surface area contributed by atoms with Crippen LogP contribution in [-0.2, 0) is 4.79 Å². The SMILES string of the molecule is CCCC1CC(=O)Nc2cc(F)c(C)cc2N1. The first kappa shape index (κ1) is 11.9. The highest BCUT2D eigenvalue weighted by atomic mass is 19.1. The molecule has 2 rings (SSSR count). The summed E-state index contributed by atoms with van der Waals surface area (Å²) in [7, 11) is 0. The molecule has 0 saturated carbocycles. The van der Waals surface area contributed by atoms with Crippen LogP contribution in [0.2, 0.25) is 0 Å². The third kappa shape index (κ3) is 2.57. The third-order valence-corrected chi connectivity index (χ3v) is 3.00. The number of rotatable bonds is 2. The number of aryl methyl sites for hydroxylation is 1. The van der Waals surface area contributed by atoms with Crippen molar-refractivity contribution in [1.29, 1.82) is 0 Å². The van der Waals surface area contributed by atoms with Gasteiger partial charge in [-0.25, -0.2) is 4.39 Å². The summed E-state index contributed by atoms with van der Waals surface area (Å²) < 4.78 is 13.4. The molecule has 17 heavy (non-hydrogen) atoms. The number of hydrogen-bond donors (Lipinski definition) is 2. The Kier molecular flexibility index (Phi) is 3.31. The summed E-state index contributed by atoms with van der Waals surface area (Å²) in [5, 5.41) is 6.05. The molecule has 1 unspecified atom stereocenters. The highest BCUT2D eigenvalue weighted by Gasteiger charge is 2.20. The molecular weight excluding hydrogens is 219 g/mol. The molecule has 92 valence electrons. The molecule has 0 spiro atoms. The lowest BCUT2D eigenvalue weighted by Gasteiger charge is -2.16. The average Bonchev–Trinajstić information content (AvgIpc) is 2.38. The second kappa shape index (κ2) is 4.73. The van der Waals surface area contributed by atoms with Crippen LogP contribution < -0.4 is 10.6 Å². The van der Waals surface area contributed by atoms with Gasteiger partial charge in [-0.2, -0.15) is 0 Å². The molecule has 0 aliphatic carbocycles. The van der Waals surface area contributed by atoms with E-state index in [9.17, 15) is 9.18 Å². The molecular formula is C13H17FN2O. The standard InChI is InChI=1S/C13H17FN2O/c1-3-4-9-6-13(17)16-12-7-10(14)8(2)5-11(12)15-9/h5,7,9,15H,3-4,6H2,1-2H3,(H,16,17). The molecule has 2 N–H and O–H groups in total. The topological polar surface area (TPSA) is 41.1 Å². The lowest BCUT2D eigenvalue weighted by atomic mass is 10.1. The van der Waals surface area contributed by atoms with Gasteiger partial charge in [0, 0.05) is 12.5 Å². The van der Waals surface area contributed by atoms with E-state index >= 15 is 0 Å². The lowest BCUT2D eigenvalue weighted by molar-refractivity contribution is -0.116. The zero-order valence-electron chi connectivity index (χ0n) is 10.1. The maximum absolute atomic E-state index is 13.4. The van der Waals surface area contributed by atoms with Crippen molar-refractivity contribution in [2.75, 3.05) is 10.6 Å². The van der Waals surface area contributed by atoms with Crippen molar-refractivity contribution < 1.29 is 9.18 Å². The Bertz CT molecular complexity index is 445. The van der Waals surface area contributed by atoms with Crippen LogP contribution in [0.15, 0.2) is 12.1 Å². The van der Waals surface area contributed by atoms with Gasteiger partial charge >= 0.3 is 0 Å². The van der Waals surface area contributed by atoms with E-state index in [4.69, 9.17) is 0 Å². The van der Waals surface area contributed by atoms with Gasteiger partial charge in [0.15, 0.2) is 0 Å². The van der Waals surface area contributed by atoms with Crippen molar-refractivity contribution in [3.8, 4) is 0 Å². The molecule has 1 aliphatic heterocycles. The third-order valence-electron chi connectivity index (χ3n) is 3.00. The Labute approximate surface area is 100 Å². The maximum atomic E-state index is 13.4. The van der Waals surface area contributed by atoms with Crippen LogP contribution in [0.25, 0.3) is 0 Å². The second-order valence-electron chi connectivity index (χ2n) is 4.53. The number of carbonyl (C=O) groups excluding carboxylic acids is 1. The zero-order valence-corrected chi connectivity index (χ0v) is 10.1. The number of nitrogens with one attached hydrogen (secondary N) is 2. The summed E-state index contributed by atoms with van der Waals surface area (Å²) in [5.74, 6) is -0.349. The van der Waals surface area contributed by atoms with E-state index < -0.39 is 0 Å². The van der Waals surface area contributed by atoms with Gasteiger partial charge in [0.2, 0.25) is 5.91 Å². The number of fused-ring (bicyclic) bond motifs is 1. The van der Waals surface area contributed by atoms with Gasteiger partial charge in [-0.1, -0.05) is 13.3 Å². The van der Waals surface area contributed by atoms with Crippen molar-refractivity contribution >= 4 is 17.3 Å². The van der Waals surface area contributed by atoms with Crippen molar-refractivity contribution in [3.05, 3.63) is 23.5 Å². The van der Waals surface area contributed by atoms with E-state index in [1.165, 1.54) is 6.07 Å². The number of carbonyl (C=O) groups is 1. The fourth-order valence-electron chi connectivity index (χ4n) is 2.12. The highest BCUT2D eigenvalue weighted by Crippen LogP contribution is 2.29. The monoisotopic (exact) mass is 236 g/mol. The summed E-state index contributed by atoms with van der Waals surface area (Å²) in [6.07, 6.45) is 2.38. The second-order valence-corrected chi connectivity index (χ2v) is 4.53. The van der Waals surface area contributed by atoms with Crippen molar-refractivity contribution in [2.45, 2.75) is 39.2 Å². The summed E-state index contributed by atoms with van der Waals surface area (Å²) in [6.45, 7) is 3.81. The van der Waals surface area contributed by atoms with Crippen LogP contribution in [0.4, 0.5) is 15.8 Å². The number of hydrogen-bond acceptors (Lipinski definition) is 2. The molecule has 1 aliphatic rings. The molecule has 1 amide bonds. The van der Waals surface area contributed by atoms with Crippen LogP contribution in [-0.4, -0.2) is 11.9 Å². The van der Waals surface area contributed by atoms with Gasteiger partial charge in [0.1, 0.15) is 5.82 Å². The number of amides is 1. The minimum atomic E-state index is -0.292. The summed E-state index contributed by atoms with van der Waals surface area (Å²) in [5.41, 5.74) is 1.94. The maximum Gasteiger partial charge on any atom is 0.226 e. The molecule has 1 aromatic carbocycles. The van der Waals surface area contributed by atoms with E-state index in [2.05, 4.69) is 17.6 Å². The van der Waals surface area contributed by atoms with Crippen LogP contribution in [0.3, 0.4) is 0 Å². The Morgan fingerprint density at radius 1 is 1.41 bits per heavy atom. The minimum absolute atomic E-state index is 0.0575. The molecule has 1 heterocycles. The summed E-state index contributed by atoms with van der Waals surface area (Å²) in [6, 6.07) is 3.26. The van der Waals surface area contributed by atoms with Crippen LogP contribution >= 0.6 is 0 Å². The van der Waals surface area contributed by atoms with Gasteiger partial charge in [0.25, 0.3) is 0 Å². The fraction of sp³-hybridized carbons (Fsp3) is 0.462. The van der Waals surface area contributed by atoms with Crippen LogP contribution in [0, 0.1) is 12.7 Å². The lowest BCUT2D eigenvalue weighted by Crippen LogP contribution is -2.22. The van der Waals surface area contributed by atoms with E-state index in [0.717, 1.165) is 18.5 Å². The Balaban J connectivity index is 2.34. The van der Waals surface area contributed by atoms with Crippen molar-refractivity contribution in [2.24, 2.45) is 0 Å². The zero-order chi connectivity index (χ0) is 12.4. The number of halogens is 1. The molecule has 0 bridgehead atoms. The molecule has 4 heteroatoms. The molecule has 3 nitrogen and oxygen atoms in total. The van der Waals surface area contributed by atoms with E-state index in [1.54, 1.807) is 13.0 Å². The molecule has 1 atom stereocenters. The minimum Gasteiger partial charge on any atom is -0.380 e. The first-order valence-electron chi connectivity index (χ1n) is 5.96. The van der Waals surface area contributed by atoms with Gasteiger partial charge < -0.3 is 10.6 Å². The van der Waals surface area contributed by atoms with E-state index in [1.807, 2.05) is 0 Å². The quantitative estimate of drug-likeness (QED) is 0.828. The normalized spacial score (nSPS) is 19.0. The molecule has 0 fully saturated rings. The van der Waals surface area contributed by atoms with Crippen LogP contribution in [0.5, 0.6) is 0 Å². The first-order chi connectivity index (χ1) is 8.10. The van der Waals surface area contributed by atoms with Gasteiger partial charge in [-0.05, 0) is 31.0 Å². The summed E-state index contributed by atoms with van der Waals surface area (Å²) >= 11 is 0.